The summed E-state index contributed by atoms with van der Waals surface area (Å²) >= 11 is 0. The van der Waals surface area contributed by atoms with Crippen LogP contribution in [0.15, 0.2) is 48.8 Å². The smallest absolute Gasteiger partial charge is 0.0454 e. The monoisotopic (exact) mass is 208 g/mol. The lowest BCUT2D eigenvalue weighted by atomic mass is 10.1. The van der Waals surface area contributed by atoms with E-state index in [4.69, 9.17) is 0 Å². The van der Waals surface area contributed by atoms with Crippen molar-refractivity contribution < 1.29 is 0 Å². The number of rotatable bonds is 1. The van der Waals surface area contributed by atoms with E-state index in [-0.39, 0.29) is 0 Å². The van der Waals surface area contributed by atoms with Crippen LogP contribution < -0.4 is 0 Å². The molecule has 16 heavy (non-hydrogen) atoms. The van der Waals surface area contributed by atoms with E-state index in [1.807, 2.05) is 25.4 Å². The van der Waals surface area contributed by atoms with Gasteiger partial charge in [0, 0.05) is 29.2 Å². The van der Waals surface area contributed by atoms with Crippen molar-refractivity contribution in [2.24, 2.45) is 0 Å². The molecule has 0 atom stereocenters. The van der Waals surface area contributed by atoms with Crippen molar-refractivity contribution >= 4 is 10.9 Å². The Kier molecular flexibility index (Phi) is 2.00. The van der Waals surface area contributed by atoms with Gasteiger partial charge in [0.15, 0.2) is 0 Å². The van der Waals surface area contributed by atoms with Gasteiger partial charge in [-0.3, -0.25) is 4.98 Å². The number of hydrogen-bond donors (Lipinski definition) is 1. The molecule has 2 nitrogen and oxygen atoms in total. The van der Waals surface area contributed by atoms with Crippen molar-refractivity contribution in [3.05, 3.63) is 54.5 Å². The van der Waals surface area contributed by atoms with Gasteiger partial charge in [0.2, 0.25) is 0 Å². The van der Waals surface area contributed by atoms with Gasteiger partial charge in [-0.15, -0.1) is 0 Å². The van der Waals surface area contributed by atoms with Gasteiger partial charge in [0.25, 0.3) is 0 Å². The van der Waals surface area contributed by atoms with Crippen LogP contribution in [0.5, 0.6) is 0 Å². The first-order valence-corrected chi connectivity index (χ1v) is 5.33. The Morgan fingerprint density at radius 3 is 2.69 bits per heavy atom. The highest BCUT2D eigenvalue weighted by Gasteiger charge is 2.00. The summed E-state index contributed by atoms with van der Waals surface area (Å²) in [5.41, 5.74) is 4.59. The molecule has 0 spiro atoms. The molecule has 3 aromatic rings. The molecule has 0 saturated carbocycles. The Hall–Kier alpha value is -2.09. The molecule has 1 aromatic carbocycles. The minimum absolute atomic E-state index is 1.05. The number of H-pyrrole nitrogens is 1. The van der Waals surface area contributed by atoms with E-state index in [9.17, 15) is 0 Å². The SMILES string of the molecule is Cc1ccc(-c2ccc3[nH]ccc3c2)cn1. The van der Waals surface area contributed by atoms with Gasteiger partial charge in [-0.2, -0.15) is 0 Å². The van der Waals surface area contributed by atoms with Crippen molar-refractivity contribution in [1.29, 1.82) is 0 Å². The summed E-state index contributed by atoms with van der Waals surface area (Å²) in [6, 6.07) is 12.6. The Bertz CT molecular complexity index is 621. The van der Waals surface area contributed by atoms with Crippen LogP contribution in [0.1, 0.15) is 5.69 Å². The molecule has 0 bridgehead atoms. The van der Waals surface area contributed by atoms with Gasteiger partial charge >= 0.3 is 0 Å². The quantitative estimate of drug-likeness (QED) is 0.651. The third-order valence-corrected chi connectivity index (χ3v) is 2.80. The maximum absolute atomic E-state index is 4.32. The summed E-state index contributed by atoms with van der Waals surface area (Å²) in [5.74, 6) is 0. The second-order valence-corrected chi connectivity index (χ2v) is 3.97. The third-order valence-electron chi connectivity index (χ3n) is 2.80. The summed E-state index contributed by atoms with van der Waals surface area (Å²) in [7, 11) is 0. The molecule has 2 heterocycles. The molecule has 0 aliphatic heterocycles. The van der Waals surface area contributed by atoms with Crippen LogP contribution >= 0.6 is 0 Å². The van der Waals surface area contributed by atoms with E-state index in [1.165, 1.54) is 16.5 Å². The van der Waals surface area contributed by atoms with E-state index < -0.39 is 0 Å². The van der Waals surface area contributed by atoms with Crippen LogP contribution in [0.4, 0.5) is 0 Å². The number of pyridine rings is 1. The second-order valence-electron chi connectivity index (χ2n) is 3.97. The highest BCUT2D eigenvalue weighted by molar-refractivity contribution is 5.84. The van der Waals surface area contributed by atoms with Gasteiger partial charge < -0.3 is 4.98 Å². The van der Waals surface area contributed by atoms with Gasteiger partial charge in [0.05, 0.1) is 0 Å². The molecule has 1 N–H and O–H groups in total. The lowest BCUT2D eigenvalue weighted by Crippen LogP contribution is -1.82. The molecule has 2 heteroatoms. The Balaban J connectivity index is 2.14. The molecule has 0 aliphatic carbocycles. The first-order chi connectivity index (χ1) is 7.83. The van der Waals surface area contributed by atoms with E-state index in [0.29, 0.717) is 0 Å². The minimum atomic E-state index is 1.05. The number of benzene rings is 1. The maximum Gasteiger partial charge on any atom is 0.0454 e. The van der Waals surface area contributed by atoms with Gasteiger partial charge in [-0.25, -0.2) is 0 Å². The van der Waals surface area contributed by atoms with Crippen molar-refractivity contribution in [3.8, 4) is 11.1 Å². The molecule has 0 amide bonds. The summed E-state index contributed by atoms with van der Waals surface area (Å²) in [5, 5.41) is 1.23. The first-order valence-electron chi connectivity index (χ1n) is 5.33. The summed E-state index contributed by atoms with van der Waals surface area (Å²) in [6.45, 7) is 2.00. The number of hydrogen-bond acceptors (Lipinski definition) is 1. The number of nitrogens with zero attached hydrogens (tertiary/aromatic N) is 1. The molecular formula is C14H12N2. The number of aryl methyl sites for hydroxylation is 1. The minimum Gasteiger partial charge on any atom is -0.361 e. The van der Waals surface area contributed by atoms with Crippen LogP contribution in [0, 0.1) is 6.92 Å². The van der Waals surface area contributed by atoms with Gasteiger partial charge in [-0.1, -0.05) is 12.1 Å². The van der Waals surface area contributed by atoms with Gasteiger partial charge in [0.1, 0.15) is 0 Å². The van der Waals surface area contributed by atoms with Crippen molar-refractivity contribution in [2.45, 2.75) is 6.92 Å². The fourth-order valence-corrected chi connectivity index (χ4v) is 1.87. The van der Waals surface area contributed by atoms with Crippen molar-refractivity contribution in [2.75, 3.05) is 0 Å². The molecule has 2 aromatic heterocycles. The van der Waals surface area contributed by atoms with Crippen molar-refractivity contribution in [3.63, 3.8) is 0 Å². The zero-order valence-corrected chi connectivity index (χ0v) is 9.07. The number of aromatic amines is 1. The average Bonchev–Trinajstić information content (AvgIpc) is 2.77. The zero-order valence-electron chi connectivity index (χ0n) is 9.07. The standard InChI is InChI=1S/C14H12N2/c1-10-2-3-13(9-16-10)11-4-5-14-12(8-11)6-7-15-14/h2-9,15H,1H3. The third kappa shape index (κ3) is 1.48. The maximum atomic E-state index is 4.32. The van der Waals surface area contributed by atoms with Crippen LogP contribution in [0.25, 0.3) is 22.0 Å². The highest BCUT2D eigenvalue weighted by Crippen LogP contribution is 2.23. The molecule has 0 saturated heterocycles. The van der Waals surface area contributed by atoms with E-state index >= 15 is 0 Å². The average molecular weight is 208 g/mol. The lowest BCUT2D eigenvalue weighted by molar-refractivity contribution is 1.20. The number of nitrogens with one attached hydrogen (secondary N) is 1. The topological polar surface area (TPSA) is 28.7 Å². The Morgan fingerprint density at radius 1 is 1.00 bits per heavy atom. The number of aromatic nitrogens is 2. The fraction of sp³-hybridized carbons (Fsp3) is 0.0714. The first kappa shape index (κ1) is 9.16. The predicted molar refractivity (Wildman–Crippen MR) is 66.3 cm³/mol. The predicted octanol–water partition coefficient (Wildman–Crippen LogP) is 3.54. The van der Waals surface area contributed by atoms with Crippen LogP contribution in [-0.2, 0) is 0 Å². The number of fused-ring (bicyclic) bond motifs is 1. The highest BCUT2D eigenvalue weighted by atomic mass is 14.7. The Labute approximate surface area is 94.0 Å². The molecule has 78 valence electrons. The molecule has 0 unspecified atom stereocenters. The molecule has 0 fully saturated rings. The fourth-order valence-electron chi connectivity index (χ4n) is 1.87. The molecule has 3 rings (SSSR count). The lowest BCUT2D eigenvalue weighted by Gasteiger charge is -2.01. The van der Waals surface area contributed by atoms with Crippen LogP contribution in [-0.4, -0.2) is 9.97 Å². The normalized spacial score (nSPS) is 10.8. The summed E-state index contributed by atoms with van der Waals surface area (Å²) < 4.78 is 0. The van der Waals surface area contributed by atoms with Crippen LogP contribution in [0.2, 0.25) is 0 Å². The van der Waals surface area contributed by atoms with E-state index in [0.717, 1.165) is 11.3 Å². The molecule has 0 aliphatic rings. The summed E-state index contributed by atoms with van der Waals surface area (Å²) in [4.78, 5) is 7.51. The van der Waals surface area contributed by atoms with E-state index in [1.54, 1.807) is 0 Å². The van der Waals surface area contributed by atoms with Gasteiger partial charge in [-0.05, 0) is 42.1 Å². The van der Waals surface area contributed by atoms with Crippen LogP contribution in [0.3, 0.4) is 0 Å². The Morgan fingerprint density at radius 2 is 1.88 bits per heavy atom. The van der Waals surface area contributed by atoms with E-state index in [2.05, 4.69) is 40.3 Å². The largest absolute Gasteiger partial charge is 0.361 e. The summed E-state index contributed by atoms with van der Waals surface area (Å²) in [6.07, 6.45) is 3.88. The molecular weight excluding hydrogens is 196 g/mol. The van der Waals surface area contributed by atoms with Crippen molar-refractivity contribution in [1.82, 2.24) is 9.97 Å². The second kappa shape index (κ2) is 3.49. The zero-order chi connectivity index (χ0) is 11.0. The molecule has 0 radical (unpaired) electrons.